The number of nitrogens with two attached hydrogens (primary N) is 1. The van der Waals surface area contributed by atoms with Crippen LogP contribution in [0.15, 0.2) is 18.2 Å². The van der Waals surface area contributed by atoms with Crippen molar-refractivity contribution in [1.29, 1.82) is 0 Å². The van der Waals surface area contributed by atoms with Crippen LogP contribution in [0.25, 0.3) is 0 Å². The number of alkyl halides is 1. The van der Waals surface area contributed by atoms with Crippen LogP contribution in [0.1, 0.15) is 10.5 Å². The summed E-state index contributed by atoms with van der Waals surface area (Å²) in [5, 5.41) is 0. The van der Waals surface area contributed by atoms with Gasteiger partial charge in [-0.1, -0.05) is 15.9 Å². The third kappa shape index (κ3) is 2.35. The van der Waals surface area contributed by atoms with E-state index in [0.717, 1.165) is 17.1 Å². The minimum atomic E-state index is -0.214. The Morgan fingerprint density at radius 2 is 2.00 bits per heavy atom. The van der Waals surface area contributed by atoms with Gasteiger partial charge in [0.1, 0.15) is 11.5 Å². The Balaban J connectivity index is 3.08. The first-order valence-electron chi connectivity index (χ1n) is 3.80. The molecule has 0 saturated heterocycles. The zero-order valence-corrected chi connectivity index (χ0v) is 9.17. The maximum atomic E-state index is 5.68. The van der Waals surface area contributed by atoms with Gasteiger partial charge in [0, 0.05) is 11.6 Å². The molecule has 1 aromatic rings. The molecule has 72 valence electrons. The van der Waals surface area contributed by atoms with Crippen molar-refractivity contribution in [3.8, 4) is 11.5 Å². The van der Waals surface area contributed by atoms with E-state index in [2.05, 4.69) is 15.9 Å². The smallest absolute Gasteiger partial charge is 0.128 e. The molecule has 1 rings (SSSR count). The fourth-order valence-corrected chi connectivity index (χ4v) is 1.42. The molecule has 4 heteroatoms. The van der Waals surface area contributed by atoms with Crippen molar-refractivity contribution < 1.29 is 9.47 Å². The Morgan fingerprint density at radius 1 is 1.31 bits per heavy atom. The van der Waals surface area contributed by atoms with Gasteiger partial charge >= 0.3 is 0 Å². The second-order valence-corrected chi connectivity index (χ2v) is 3.50. The molecule has 1 unspecified atom stereocenters. The summed E-state index contributed by atoms with van der Waals surface area (Å²) in [6.07, 6.45) is 0. The average molecular weight is 246 g/mol. The molecule has 3 nitrogen and oxygen atoms in total. The van der Waals surface area contributed by atoms with Crippen LogP contribution in [0, 0.1) is 0 Å². The van der Waals surface area contributed by atoms with E-state index in [1.165, 1.54) is 0 Å². The van der Waals surface area contributed by atoms with Gasteiger partial charge in [-0.2, -0.15) is 0 Å². The van der Waals surface area contributed by atoms with E-state index < -0.39 is 0 Å². The predicted octanol–water partition coefficient (Wildman–Crippen LogP) is 2.06. The maximum absolute atomic E-state index is 5.68. The monoisotopic (exact) mass is 245 g/mol. The largest absolute Gasteiger partial charge is 0.497 e. The highest BCUT2D eigenvalue weighted by atomic mass is 79.9. The van der Waals surface area contributed by atoms with Crippen LogP contribution in [-0.4, -0.2) is 14.2 Å². The Hall–Kier alpha value is -0.740. The van der Waals surface area contributed by atoms with Crippen LogP contribution in [-0.2, 0) is 0 Å². The van der Waals surface area contributed by atoms with Gasteiger partial charge in [0.05, 0.1) is 19.2 Å². The third-order valence-electron chi connectivity index (χ3n) is 1.74. The number of rotatable bonds is 3. The van der Waals surface area contributed by atoms with Gasteiger partial charge in [-0.3, -0.25) is 0 Å². The van der Waals surface area contributed by atoms with Gasteiger partial charge in [0.2, 0.25) is 0 Å². The van der Waals surface area contributed by atoms with Gasteiger partial charge in [0.25, 0.3) is 0 Å². The Labute approximate surface area is 86.0 Å². The van der Waals surface area contributed by atoms with Crippen LogP contribution in [0.5, 0.6) is 11.5 Å². The summed E-state index contributed by atoms with van der Waals surface area (Å²) in [6, 6.07) is 5.52. The third-order valence-corrected chi connectivity index (χ3v) is 2.23. The summed E-state index contributed by atoms with van der Waals surface area (Å²) < 4.78 is 10.2. The topological polar surface area (TPSA) is 44.5 Å². The quantitative estimate of drug-likeness (QED) is 0.655. The average Bonchev–Trinajstić information content (AvgIpc) is 2.16. The zero-order valence-electron chi connectivity index (χ0n) is 7.58. The molecule has 0 saturated carbocycles. The van der Waals surface area contributed by atoms with Gasteiger partial charge in [-0.15, -0.1) is 0 Å². The van der Waals surface area contributed by atoms with Crippen molar-refractivity contribution in [2.75, 3.05) is 14.2 Å². The molecule has 0 fully saturated rings. The van der Waals surface area contributed by atoms with Gasteiger partial charge in [-0.25, -0.2) is 0 Å². The van der Waals surface area contributed by atoms with Crippen LogP contribution < -0.4 is 15.2 Å². The van der Waals surface area contributed by atoms with Crippen molar-refractivity contribution in [3.63, 3.8) is 0 Å². The molecule has 0 aliphatic carbocycles. The molecule has 0 heterocycles. The van der Waals surface area contributed by atoms with E-state index in [4.69, 9.17) is 15.2 Å². The van der Waals surface area contributed by atoms with Crippen LogP contribution in [0.2, 0.25) is 0 Å². The highest BCUT2D eigenvalue weighted by molar-refractivity contribution is 9.09. The molecular formula is C9H12BrNO2. The van der Waals surface area contributed by atoms with Crippen LogP contribution in [0.4, 0.5) is 0 Å². The lowest BCUT2D eigenvalue weighted by Gasteiger charge is -2.11. The Bertz CT molecular complexity index is 289. The normalized spacial score (nSPS) is 12.3. The number of hydrogen-bond donors (Lipinski definition) is 1. The Morgan fingerprint density at radius 3 is 2.46 bits per heavy atom. The van der Waals surface area contributed by atoms with Crippen molar-refractivity contribution in [1.82, 2.24) is 0 Å². The van der Waals surface area contributed by atoms with Crippen molar-refractivity contribution >= 4 is 15.9 Å². The summed E-state index contributed by atoms with van der Waals surface area (Å²) in [5.74, 6) is 1.48. The first kappa shape index (κ1) is 10.3. The molecule has 0 amide bonds. The molecule has 0 spiro atoms. The second-order valence-electron chi connectivity index (χ2n) is 2.51. The minimum absolute atomic E-state index is 0.214. The molecule has 1 atom stereocenters. The summed E-state index contributed by atoms with van der Waals surface area (Å²) in [4.78, 5) is -0.214. The van der Waals surface area contributed by atoms with Gasteiger partial charge in [-0.05, 0) is 12.1 Å². The van der Waals surface area contributed by atoms with E-state index >= 15 is 0 Å². The highest BCUT2D eigenvalue weighted by Crippen LogP contribution is 2.30. The molecule has 1 aromatic carbocycles. The maximum Gasteiger partial charge on any atom is 0.128 e. The molecule has 0 aliphatic rings. The fraction of sp³-hybridized carbons (Fsp3) is 0.333. The lowest BCUT2D eigenvalue weighted by Crippen LogP contribution is -2.03. The minimum Gasteiger partial charge on any atom is -0.497 e. The van der Waals surface area contributed by atoms with Crippen molar-refractivity contribution in [3.05, 3.63) is 23.8 Å². The molecule has 0 bridgehead atoms. The molecular weight excluding hydrogens is 234 g/mol. The summed E-state index contributed by atoms with van der Waals surface area (Å²) in [5.41, 5.74) is 6.58. The lowest BCUT2D eigenvalue weighted by molar-refractivity contribution is 0.391. The van der Waals surface area contributed by atoms with E-state index in [9.17, 15) is 0 Å². The number of benzene rings is 1. The van der Waals surface area contributed by atoms with E-state index in [-0.39, 0.29) is 4.95 Å². The zero-order chi connectivity index (χ0) is 9.84. The first-order chi connectivity index (χ1) is 6.19. The van der Waals surface area contributed by atoms with Gasteiger partial charge in [0.15, 0.2) is 0 Å². The SMILES string of the molecule is COc1ccc(C(N)Br)c(OC)c1. The van der Waals surface area contributed by atoms with Crippen molar-refractivity contribution in [2.24, 2.45) is 5.73 Å². The highest BCUT2D eigenvalue weighted by Gasteiger charge is 2.09. The number of ether oxygens (including phenoxy) is 2. The summed E-state index contributed by atoms with van der Waals surface area (Å²) >= 11 is 3.28. The van der Waals surface area contributed by atoms with Crippen molar-refractivity contribution in [2.45, 2.75) is 4.95 Å². The van der Waals surface area contributed by atoms with Crippen LogP contribution in [0.3, 0.4) is 0 Å². The van der Waals surface area contributed by atoms with E-state index in [1.807, 2.05) is 12.1 Å². The summed E-state index contributed by atoms with van der Waals surface area (Å²) in [6.45, 7) is 0. The molecule has 13 heavy (non-hydrogen) atoms. The second kappa shape index (κ2) is 4.48. The number of methoxy groups -OCH3 is 2. The van der Waals surface area contributed by atoms with E-state index in [1.54, 1.807) is 20.3 Å². The molecule has 0 aliphatic heterocycles. The van der Waals surface area contributed by atoms with E-state index in [0.29, 0.717) is 0 Å². The Kier molecular flexibility index (Phi) is 3.57. The summed E-state index contributed by atoms with van der Waals surface area (Å²) in [7, 11) is 3.22. The first-order valence-corrected chi connectivity index (χ1v) is 4.72. The molecule has 0 radical (unpaired) electrons. The lowest BCUT2D eigenvalue weighted by atomic mass is 10.2. The molecule has 0 aromatic heterocycles. The predicted molar refractivity (Wildman–Crippen MR) is 55.4 cm³/mol. The number of halogens is 1. The van der Waals surface area contributed by atoms with Gasteiger partial charge < -0.3 is 15.2 Å². The molecule has 2 N–H and O–H groups in total. The fourth-order valence-electron chi connectivity index (χ4n) is 1.05. The van der Waals surface area contributed by atoms with Crippen LogP contribution >= 0.6 is 15.9 Å². The number of hydrogen-bond acceptors (Lipinski definition) is 3. The standard InChI is InChI=1S/C9H12BrNO2/c1-12-6-3-4-7(9(10)11)8(5-6)13-2/h3-5,9H,11H2,1-2H3.